The zero-order valence-electron chi connectivity index (χ0n) is 12.7. The van der Waals surface area contributed by atoms with Gasteiger partial charge >= 0.3 is 0 Å². The van der Waals surface area contributed by atoms with Crippen LogP contribution in [0, 0.1) is 0 Å². The van der Waals surface area contributed by atoms with Crippen LogP contribution in [-0.2, 0) is 23.0 Å². The first kappa shape index (κ1) is 16.9. The van der Waals surface area contributed by atoms with Crippen molar-refractivity contribution in [1.29, 1.82) is 0 Å². The first-order valence-corrected chi connectivity index (χ1v) is 9.22. The van der Waals surface area contributed by atoms with E-state index in [0.29, 0.717) is 13.1 Å². The van der Waals surface area contributed by atoms with Gasteiger partial charge in [-0.05, 0) is 35.7 Å². The van der Waals surface area contributed by atoms with Crippen molar-refractivity contribution in [2.24, 2.45) is 5.14 Å². The van der Waals surface area contributed by atoms with Gasteiger partial charge in [0.25, 0.3) is 5.91 Å². The summed E-state index contributed by atoms with van der Waals surface area (Å²) in [5, 5.41) is 7.13. The molecule has 1 heterocycles. The third-order valence-corrected chi connectivity index (χ3v) is 5.07. The highest BCUT2D eigenvalue weighted by atomic mass is 35.5. The summed E-state index contributed by atoms with van der Waals surface area (Å²) in [6.45, 7) is 1.20. The van der Waals surface area contributed by atoms with Crippen molar-refractivity contribution < 1.29 is 13.2 Å². The number of carbonyl (C=O) groups excluding carboxylic acids is 1. The summed E-state index contributed by atoms with van der Waals surface area (Å²) in [7, 11) is -4.05. The summed E-state index contributed by atoms with van der Waals surface area (Å²) >= 11 is 5.81. The SMILES string of the molecule is NS(=O)(=O)c1cc(Cl)ccc1C(=O)NN1CCc2ccccc2C1. The molecule has 3 rings (SSSR count). The molecule has 0 spiro atoms. The average Bonchev–Trinajstić information content (AvgIpc) is 2.53. The van der Waals surface area contributed by atoms with E-state index in [1.807, 2.05) is 18.2 Å². The maximum Gasteiger partial charge on any atom is 0.266 e. The van der Waals surface area contributed by atoms with Gasteiger partial charge in [-0.3, -0.25) is 10.2 Å². The number of rotatable bonds is 3. The molecule has 0 saturated heterocycles. The number of nitrogens with two attached hydrogens (primary N) is 1. The second kappa shape index (κ2) is 6.52. The van der Waals surface area contributed by atoms with Gasteiger partial charge in [0.2, 0.25) is 10.0 Å². The van der Waals surface area contributed by atoms with Crippen LogP contribution in [0.1, 0.15) is 21.5 Å². The van der Waals surface area contributed by atoms with E-state index in [4.69, 9.17) is 16.7 Å². The monoisotopic (exact) mass is 365 g/mol. The summed E-state index contributed by atoms with van der Waals surface area (Å²) in [5.41, 5.74) is 5.09. The normalized spacial score (nSPS) is 14.9. The Labute approximate surface area is 145 Å². The van der Waals surface area contributed by atoms with Crippen molar-refractivity contribution >= 4 is 27.5 Å². The van der Waals surface area contributed by atoms with Crippen LogP contribution < -0.4 is 10.6 Å². The van der Waals surface area contributed by atoms with E-state index in [9.17, 15) is 13.2 Å². The van der Waals surface area contributed by atoms with Gasteiger partial charge in [0.1, 0.15) is 0 Å². The molecule has 3 N–H and O–H groups in total. The van der Waals surface area contributed by atoms with Crippen LogP contribution in [0.5, 0.6) is 0 Å². The number of halogens is 1. The zero-order chi connectivity index (χ0) is 17.3. The summed E-state index contributed by atoms with van der Waals surface area (Å²) in [6, 6.07) is 12.0. The smallest absolute Gasteiger partial charge is 0.266 e. The molecule has 2 aromatic rings. The van der Waals surface area contributed by atoms with Crippen LogP contribution in [-0.4, -0.2) is 25.9 Å². The van der Waals surface area contributed by atoms with Crippen molar-refractivity contribution in [3.63, 3.8) is 0 Å². The Hall–Kier alpha value is -1.93. The number of hydrogen-bond donors (Lipinski definition) is 2. The number of benzene rings is 2. The van der Waals surface area contributed by atoms with E-state index in [1.54, 1.807) is 5.01 Å². The third kappa shape index (κ3) is 3.59. The van der Waals surface area contributed by atoms with Crippen molar-refractivity contribution in [1.82, 2.24) is 10.4 Å². The van der Waals surface area contributed by atoms with Crippen molar-refractivity contribution in [3.05, 3.63) is 64.2 Å². The topological polar surface area (TPSA) is 92.5 Å². The summed E-state index contributed by atoms with van der Waals surface area (Å²) in [5.74, 6) is -0.532. The van der Waals surface area contributed by atoms with Gasteiger partial charge in [0.15, 0.2) is 0 Å². The fourth-order valence-electron chi connectivity index (χ4n) is 2.71. The summed E-state index contributed by atoms with van der Waals surface area (Å²) in [4.78, 5) is 12.2. The van der Waals surface area contributed by atoms with Crippen LogP contribution in [0.2, 0.25) is 5.02 Å². The molecule has 0 saturated carbocycles. The predicted octanol–water partition coefficient (Wildman–Crippen LogP) is 1.69. The number of nitrogens with zero attached hydrogens (tertiary/aromatic N) is 1. The Bertz CT molecular complexity index is 899. The first-order chi connectivity index (χ1) is 11.3. The predicted molar refractivity (Wildman–Crippen MR) is 90.8 cm³/mol. The lowest BCUT2D eigenvalue weighted by atomic mass is 10.0. The van der Waals surface area contributed by atoms with Crippen LogP contribution in [0.15, 0.2) is 47.4 Å². The number of hydrogen-bond acceptors (Lipinski definition) is 4. The molecule has 126 valence electrons. The number of hydrazine groups is 1. The molecule has 0 aliphatic carbocycles. The number of carbonyl (C=O) groups is 1. The molecule has 24 heavy (non-hydrogen) atoms. The van der Waals surface area contributed by atoms with E-state index >= 15 is 0 Å². The van der Waals surface area contributed by atoms with E-state index in [2.05, 4.69) is 11.5 Å². The Morgan fingerprint density at radius 2 is 1.88 bits per heavy atom. The molecule has 1 amide bonds. The quantitative estimate of drug-likeness (QED) is 0.865. The number of sulfonamides is 1. The van der Waals surface area contributed by atoms with Crippen LogP contribution in [0.4, 0.5) is 0 Å². The lowest BCUT2D eigenvalue weighted by Crippen LogP contribution is -2.45. The minimum absolute atomic E-state index is 0.0271. The van der Waals surface area contributed by atoms with Crippen molar-refractivity contribution in [3.8, 4) is 0 Å². The lowest BCUT2D eigenvalue weighted by Gasteiger charge is -2.29. The van der Waals surface area contributed by atoms with E-state index in [0.717, 1.165) is 12.0 Å². The Balaban J connectivity index is 1.82. The van der Waals surface area contributed by atoms with Gasteiger partial charge < -0.3 is 0 Å². The van der Waals surface area contributed by atoms with Gasteiger partial charge in [0.05, 0.1) is 10.5 Å². The van der Waals surface area contributed by atoms with E-state index < -0.39 is 15.9 Å². The molecule has 6 nitrogen and oxygen atoms in total. The zero-order valence-corrected chi connectivity index (χ0v) is 14.3. The fraction of sp³-hybridized carbons (Fsp3) is 0.188. The van der Waals surface area contributed by atoms with Gasteiger partial charge in [-0.25, -0.2) is 18.6 Å². The van der Waals surface area contributed by atoms with Gasteiger partial charge in [0, 0.05) is 18.1 Å². The second-order valence-electron chi connectivity index (χ2n) is 5.57. The largest absolute Gasteiger partial charge is 0.284 e. The number of primary sulfonamides is 1. The van der Waals surface area contributed by atoms with Gasteiger partial charge in [-0.2, -0.15) is 0 Å². The van der Waals surface area contributed by atoms with Gasteiger partial charge in [-0.1, -0.05) is 35.9 Å². The maximum atomic E-state index is 12.5. The molecular weight excluding hydrogens is 350 g/mol. The number of nitrogens with one attached hydrogen (secondary N) is 1. The molecule has 1 aliphatic heterocycles. The number of amides is 1. The fourth-order valence-corrected chi connectivity index (χ4v) is 3.71. The molecule has 2 aromatic carbocycles. The Morgan fingerprint density at radius 3 is 2.58 bits per heavy atom. The minimum atomic E-state index is -4.05. The lowest BCUT2D eigenvalue weighted by molar-refractivity contribution is 0.0760. The van der Waals surface area contributed by atoms with Crippen molar-refractivity contribution in [2.75, 3.05) is 6.54 Å². The average molecular weight is 366 g/mol. The Morgan fingerprint density at radius 1 is 1.17 bits per heavy atom. The van der Waals surface area contributed by atoms with Gasteiger partial charge in [-0.15, -0.1) is 0 Å². The molecule has 0 fully saturated rings. The van der Waals surface area contributed by atoms with Crippen LogP contribution >= 0.6 is 11.6 Å². The van der Waals surface area contributed by atoms with E-state index in [1.165, 1.54) is 23.8 Å². The Kier molecular flexibility index (Phi) is 4.60. The van der Waals surface area contributed by atoms with Crippen molar-refractivity contribution in [2.45, 2.75) is 17.9 Å². The molecule has 0 unspecified atom stereocenters. The molecular formula is C16H16ClN3O3S. The van der Waals surface area contributed by atoms with Crippen LogP contribution in [0.3, 0.4) is 0 Å². The molecule has 0 aromatic heterocycles. The maximum absolute atomic E-state index is 12.5. The highest BCUT2D eigenvalue weighted by molar-refractivity contribution is 7.89. The van der Waals surface area contributed by atoms with Crippen LogP contribution in [0.25, 0.3) is 0 Å². The summed E-state index contributed by atoms with van der Waals surface area (Å²) < 4.78 is 23.4. The standard InChI is InChI=1S/C16H16ClN3O3S/c17-13-5-6-14(15(9-13)24(18,22)23)16(21)19-20-8-7-11-3-1-2-4-12(11)10-20/h1-6,9H,7-8,10H2,(H,19,21)(H2,18,22,23). The third-order valence-electron chi connectivity index (χ3n) is 3.89. The highest BCUT2D eigenvalue weighted by Crippen LogP contribution is 2.21. The number of fused-ring (bicyclic) bond motifs is 1. The molecule has 8 heteroatoms. The second-order valence-corrected chi connectivity index (χ2v) is 7.53. The first-order valence-electron chi connectivity index (χ1n) is 7.29. The molecule has 1 aliphatic rings. The highest BCUT2D eigenvalue weighted by Gasteiger charge is 2.23. The molecule has 0 radical (unpaired) electrons. The molecule has 0 atom stereocenters. The minimum Gasteiger partial charge on any atom is -0.284 e. The van der Waals surface area contributed by atoms with E-state index in [-0.39, 0.29) is 15.5 Å². The molecule has 0 bridgehead atoms. The summed E-state index contributed by atoms with van der Waals surface area (Å²) in [6.07, 6.45) is 0.805.